The number of benzene rings is 2. The fourth-order valence-corrected chi connectivity index (χ4v) is 2.36. The summed E-state index contributed by atoms with van der Waals surface area (Å²) >= 11 is 11.8. The number of carbonyl (C=O) groups excluding carboxylic acids is 1. The molecule has 100 valence electrons. The maximum absolute atomic E-state index is 12.2. The number of hydrogen-bond donors (Lipinski definition) is 2. The number of H-pyrrole nitrogens is 1. The van der Waals surface area contributed by atoms with E-state index in [1.807, 2.05) is 12.1 Å². The van der Waals surface area contributed by atoms with E-state index in [0.29, 0.717) is 21.4 Å². The lowest BCUT2D eigenvalue weighted by Gasteiger charge is -2.03. The third-order valence-electron chi connectivity index (χ3n) is 2.91. The van der Waals surface area contributed by atoms with Crippen LogP contribution in [0.4, 0.5) is 5.69 Å². The Kier molecular flexibility index (Phi) is 3.38. The van der Waals surface area contributed by atoms with Gasteiger partial charge in [-0.15, -0.1) is 0 Å². The number of nitrogens with one attached hydrogen (secondary N) is 2. The molecule has 0 saturated carbocycles. The molecular weight excluding hydrogens is 295 g/mol. The standard InChI is InChI=1S/C15H10Cl2N2O/c16-10-2-1-3-12(8-10)18-15(20)14-7-9-6-11(17)4-5-13(9)19-14/h1-8,19H,(H,18,20). The average Bonchev–Trinajstić information content (AvgIpc) is 2.81. The van der Waals surface area contributed by atoms with Crippen molar-refractivity contribution >= 4 is 45.7 Å². The third-order valence-corrected chi connectivity index (χ3v) is 3.38. The van der Waals surface area contributed by atoms with Crippen molar-refractivity contribution in [3.8, 4) is 0 Å². The normalized spacial score (nSPS) is 10.7. The summed E-state index contributed by atoms with van der Waals surface area (Å²) in [5.74, 6) is -0.223. The van der Waals surface area contributed by atoms with Gasteiger partial charge in [0.1, 0.15) is 5.69 Å². The number of hydrogen-bond acceptors (Lipinski definition) is 1. The molecular formula is C15H10Cl2N2O. The largest absolute Gasteiger partial charge is 0.351 e. The molecule has 3 nitrogen and oxygen atoms in total. The molecule has 3 rings (SSSR count). The molecule has 0 atom stereocenters. The predicted molar refractivity (Wildman–Crippen MR) is 82.7 cm³/mol. The van der Waals surface area contributed by atoms with Gasteiger partial charge < -0.3 is 10.3 Å². The van der Waals surface area contributed by atoms with Crippen LogP contribution in [0.2, 0.25) is 10.0 Å². The van der Waals surface area contributed by atoms with Crippen molar-refractivity contribution in [2.45, 2.75) is 0 Å². The molecule has 0 unspecified atom stereocenters. The van der Waals surface area contributed by atoms with Crippen LogP contribution in [0.3, 0.4) is 0 Å². The molecule has 0 spiro atoms. The molecule has 5 heteroatoms. The number of rotatable bonds is 2. The van der Waals surface area contributed by atoms with E-state index in [2.05, 4.69) is 10.3 Å². The van der Waals surface area contributed by atoms with E-state index in [-0.39, 0.29) is 5.91 Å². The van der Waals surface area contributed by atoms with Gasteiger partial charge in [0, 0.05) is 26.6 Å². The van der Waals surface area contributed by atoms with Crippen molar-refractivity contribution in [3.05, 3.63) is 64.3 Å². The molecule has 0 aliphatic heterocycles. The molecule has 3 aromatic rings. The molecule has 0 fully saturated rings. The first kappa shape index (κ1) is 13.0. The molecule has 0 bridgehead atoms. The van der Waals surface area contributed by atoms with Gasteiger partial charge in [0.2, 0.25) is 0 Å². The summed E-state index contributed by atoms with van der Waals surface area (Å²) in [5, 5.41) is 4.90. The number of amides is 1. The van der Waals surface area contributed by atoms with Gasteiger partial charge in [-0.3, -0.25) is 4.79 Å². The van der Waals surface area contributed by atoms with Crippen LogP contribution in [-0.4, -0.2) is 10.9 Å². The zero-order chi connectivity index (χ0) is 14.1. The van der Waals surface area contributed by atoms with Crippen LogP contribution in [-0.2, 0) is 0 Å². The van der Waals surface area contributed by atoms with E-state index >= 15 is 0 Å². The van der Waals surface area contributed by atoms with Crippen LogP contribution in [0.5, 0.6) is 0 Å². The van der Waals surface area contributed by atoms with E-state index in [0.717, 1.165) is 10.9 Å². The number of carbonyl (C=O) groups is 1. The Morgan fingerprint density at radius 1 is 1.00 bits per heavy atom. The number of fused-ring (bicyclic) bond motifs is 1. The Morgan fingerprint density at radius 2 is 1.80 bits per heavy atom. The fraction of sp³-hybridized carbons (Fsp3) is 0. The minimum absolute atomic E-state index is 0.223. The van der Waals surface area contributed by atoms with E-state index in [9.17, 15) is 4.79 Å². The topological polar surface area (TPSA) is 44.9 Å². The second kappa shape index (κ2) is 5.19. The van der Waals surface area contributed by atoms with Crippen molar-refractivity contribution in [2.24, 2.45) is 0 Å². The van der Waals surface area contributed by atoms with Gasteiger partial charge >= 0.3 is 0 Å². The molecule has 1 heterocycles. The number of aromatic nitrogens is 1. The van der Waals surface area contributed by atoms with Crippen LogP contribution >= 0.6 is 23.2 Å². The van der Waals surface area contributed by atoms with Crippen LogP contribution < -0.4 is 5.32 Å². The monoisotopic (exact) mass is 304 g/mol. The maximum atomic E-state index is 12.2. The highest BCUT2D eigenvalue weighted by Crippen LogP contribution is 2.21. The van der Waals surface area contributed by atoms with Gasteiger partial charge in [-0.2, -0.15) is 0 Å². The second-order valence-electron chi connectivity index (χ2n) is 4.38. The highest BCUT2D eigenvalue weighted by atomic mass is 35.5. The molecule has 2 aromatic carbocycles. The summed E-state index contributed by atoms with van der Waals surface area (Å²) in [5.41, 5.74) is 1.99. The van der Waals surface area contributed by atoms with Crippen LogP contribution in [0.1, 0.15) is 10.5 Å². The Balaban J connectivity index is 1.88. The Labute approximate surface area is 125 Å². The van der Waals surface area contributed by atoms with Crippen LogP contribution in [0.15, 0.2) is 48.5 Å². The SMILES string of the molecule is O=C(Nc1cccc(Cl)c1)c1cc2cc(Cl)ccc2[nH]1. The molecule has 0 saturated heterocycles. The zero-order valence-corrected chi connectivity index (χ0v) is 11.8. The van der Waals surface area contributed by atoms with Gasteiger partial charge in [-0.05, 0) is 42.5 Å². The minimum Gasteiger partial charge on any atom is -0.351 e. The number of anilines is 1. The second-order valence-corrected chi connectivity index (χ2v) is 5.25. The first-order chi connectivity index (χ1) is 9.61. The minimum atomic E-state index is -0.223. The summed E-state index contributed by atoms with van der Waals surface area (Å²) in [4.78, 5) is 15.2. The average molecular weight is 305 g/mol. The summed E-state index contributed by atoms with van der Waals surface area (Å²) in [6, 6.07) is 14.2. The lowest BCUT2D eigenvalue weighted by Crippen LogP contribution is -2.11. The van der Waals surface area contributed by atoms with Crippen molar-refractivity contribution in [2.75, 3.05) is 5.32 Å². The summed E-state index contributed by atoms with van der Waals surface area (Å²) < 4.78 is 0. The van der Waals surface area contributed by atoms with Crippen molar-refractivity contribution in [1.29, 1.82) is 0 Å². The molecule has 2 N–H and O–H groups in total. The van der Waals surface area contributed by atoms with E-state index < -0.39 is 0 Å². The van der Waals surface area contributed by atoms with Gasteiger partial charge in [-0.25, -0.2) is 0 Å². The van der Waals surface area contributed by atoms with E-state index in [1.54, 1.807) is 36.4 Å². The van der Waals surface area contributed by atoms with Gasteiger partial charge in [0.05, 0.1) is 0 Å². The molecule has 20 heavy (non-hydrogen) atoms. The number of halogens is 2. The molecule has 1 amide bonds. The van der Waals surface area contributed by atoms with Gasteiger partial charge in [0.15, 0.2) is 0 Å². The fourth-order valence-electron chi connectivity index (χ4n) is 1.99. The smallest absolute Gasteiger partial charge is 0.272 e. The lowest BCUT2D eigenvalue weighted by atomic mass is 10.2. The van der Waals surface area contributed by atoms with Gasteiger partial charge in [0.25, 0.3) is 5.91 Å². The lowest BCUT2D eigenvalue weighted by molar-refractivity contribution is 0.102. The maximum Gasteiger partial charge on any atom is 0.272 e. The van der Waals surface area contributed by atoms with Crippen molar-refractivity contribution < 1.29 is 4.79 Å². The summed E-state index contributed by atoms with van der Waals surface area (Å²) in [6.45, 7) is 0. The molecule has 0 aliphatic carbocycles. The first-order valence-corrected chi connectivity index (χ1v) is 6.72. The van der Waals surface area contributed by atoms with Crippen LogP contribution in [0.25, 0.3) is 10.9 Å². The highest BCUT2D eigenvalue weighted by molar-refractivity contribution is 6.31. The zero-order valence-electron chi connectivity index (χ0n) is 10.3. The Hall–Kier alpha value is -1.97. The quantitative estimate of drug-likeness (QED) is 0.706. The molecule has 0 radical (unpaired) electrons. The predicted octanol–water partition coefficient (Wildman–Crippen LogP) is 4.73. The third kappa shape index (κ3) is 2.64. The van der Waals surface area contributed by atoms with Crippen LogP contribution in [0, 0.1) is 0 Å². The van der Waals surface area contributed by atoms with Crippen molar-refractivity contribution in [1.82, 2.24) is 4.98 Å². The highest BCUT2D eigenvalue weighted by Gasteiger charge is 2.10. The van der Waals surface area contributed by atoms with E-state index in [1.165, 1.54) is 0 Å². The number of aromatic amines is 1. The first-order valence-electron chi connectivity index (χ1n) is 5.97. The summed E-state index contributed by atoms with van der Waals surface area (Å²) in [6.07, 6.45) is 0. The molecule has 0 aliphatic rings. The van der Waals surface area contributed by atoms with Crippen molar-refractivity contribution in [3.63, 3.8) is 0 Å². The summed E-state index contributed by atoms with van der Waals surface area (Å²) in [7, 11) is 0. The molecule has 1 aromatic heterocycles. The van der Waals surface area contributed by atoms with E-state index in [4.69, 9.17) is 23.2 Å². The Bertz CT molecular complexity index is 795. The Morgan fingerprint density at radius 3 is 2.60 bits per heavy atom. The van der Waals surface area contributed by atoms with Gasteiger partial charge in [-0.1, -0.05) is 29.3 Å².